The number of aliphatic hydroxyl groups is 1. The molecule has 20 heteroatoms. The number of Topliss-reactive ketones (excluding diaryl/α,β-unsaturated/α-hetero) is 2. The Labute approximate surface area is 353 Å². The molecule has 0 saturated carbocycles. The summed E-state index contributed by atoms with van der Waals surface area (Å²) >= 11 is 0. The van der Waals surface area contributed by atoms with Crippen molar-refractivity contribution in [2.24, 2.45) is 17.8 Å². The molecule has 2 aromatic rings. The molecular weight excluding hydrogens is 807 g/mol. The molecule has 3 fully saturated rings. The van der Waals surface area contributed by atoms with Crippen molar-refractivity contribution in [1.82, 2.24) is 34.8 Å². The van der Waals surface area contributed by atoms with Crippen molar-refractivity contribution < 1.29 is 61.1 Å². The number of likely N-dealkylation sites (N-methyl/N-ethyl adjacent to an activating group) is 1. The van der Waals surface area contributed by atoms with Crippen LogP contribution in [0.15, 0.2) is 12.3 Å². The van der Waals surface area contributed by atoms with Crippen molar-refractivity contribution in [2.45, 2.75) is 141 Å². The summed E-state index contributed by atoms with van der Waals surface area (Å²) in [4.78, 5) is 66.0. The predicted molar refractivity (Wildman–Crippen MR) is 209 cm³/mol. The third-order valence-corrected chi connectivity index (χ3v) is 12.3. The number of alkyl halides is 1. The van der Waals surface area contributed by atoms with E-state index in [-0.39, 0.29) is 49.2 Å². The van der Waals surface area contributed by atoms with E-state index in [4.69, 9.17) is 23.7 Å². The number of aliphatic hydroxyl groups excluding tert-OH is 1. The molecule has 0 bridgehead atoms. The number of fused-ring (bicyclic) bond motifs is 1. The molecule has 5 heterocycles. The lowest BCUT2D eigenvalue weighted by Gasteiger charge is -2.47. The predicted octanol–water partition coefficient (Wildman–Crippen LogP) is 3.31. The molecule has 1 N–H and O–H groups in total. The number of methoxy groups -OCH3 is 1. The van der Waals surface area contributed by atoms with Crippen LogP contribution in [-0.4, -0.2) is 151 Å². The summed E-state index contributed by atoms with van der Waals surface area (Å²) in [6.45, 7) is 11.6. The van der Waals surface area contributed by atoms with E-state index in [1.54, 1.807) is 48.7 Å². The molecule has 0 radical (unpaired) electrons. The number of carbonyl (C=O) groups excluding carboxylic acids is 4. The monoisotopic (exact) mass is 863 g/mol. The van der Waals surface area contributed by atoms with Gasteiger partial charge in [-0.1, -0.05) is 44.7 Å². The van der Waals surface area contributed by atoms with Crippen LogP contribution in [-0.2, 0) is 44.6 Å². The van der Waals surface area contributed by atoms with E-state index in [1.807, 2.05) is 4.90 Å². The Morgan fingerprint density at radius 3 is 2.31 bits per heavy atom. The highest BCUT2D eigenvalue weighted by Crippen LogP contribution is 2.43. The minimum absolute atomic E-state index is 0.00773. The molecule has 0 spiro atoms. The summed E-state index contributed by atoms with van der Waals surface area (Å²) in [7, 11) is 4.94. The zero-order valence-corrected chi connectivity index (χ0v) is 36.3. The largest absolute Gasteiger partial charge is 0.455 e. The fourth-order valence-electron chi connectivity index (χ4n) is 8.94. The highest BCUT2D eigenvalue weighted by atomic mass is 19.1. The lowest BCUT2D eigenvalue weighted by Crippen LogP contribution is -2.61. The van der Waals surface area contributed by atoms with Gasteiger partial charge >= 0.3 is 18.1 Å². The number of hydrogen-bond donors (Lipinski definition) is 1. The van der Waals surface area contributed by atoms with E-state index < -0.39 is 101 Å². The molecule has 2 unspecified atom stereocenters. The van der Waals surface area contributed by atoms with E-state index >= 15 is 4.39 Å². The first-order valence-corrected chi connectivity index (χ1v) is 20.2. The van der Waals surface area contributed by atoms with E-state index in [9.17, 15) is 33.1 Å². The van der Waals surface area contributed by atoms with Crippen LogP contribution in [0.2, 0.25) is 0 Å². The highest BCUT2D eigenvalue weighted by Gasteiger charge is 2.61. The van der Waals surface area contributed by atoms with Crippen molar-refractivity contribution in [1.29, 1.82) is 0 Å². The molecule has 61 heavy (non-hydrogen) atoms. The quantitative estimate of drug-likeness (QED) is 0.133. The summed E-state index contributed by atoms with van der Waals surface area (Å²) < 4.78 is 75.6. The fraction of sp³-hybridized carbons (Fsp3) is 0.707. The first-order valence-electron chi connectivity index (χ1n) is 20.2. The Hall–Kier alpha value is -4.55. The number of hydrogen-bond acceptors (Lipinski definition) is 15. The maximum atomic E-state index is 16.9. The van der Waals surface area contributed by atoms with Gasteiger partial charge in [-0.05, 0) is 61.1 Å². The van der Waals surface area contributed by atoms with Crippen LogP contribution < -0.4 is 0 Å². The summed E-state index contributed by atoms with van der Waals surface area (Å²) in [5.41, 5.74) is -6.59. The molecule has 3 aliphatic heterocycles. The normalized spacial score (nSPS) is 36.5. The Kier molecular flexibility index (Phi) is 14.3. The number of ketones is 2. The van der Waals surface area contributed by atoms with E-state index in [2.05, 4.69) is 32.1 Å². The van der Waals surface area contributed by atoms with Crippen LogP contribution in [0.1, 0.15) is 74.7 Å². The maximum Gasteiger partial charge on any atom is 0.411 e. The number of ether oxygens (including phenoxy) is 5. The summed E-state index contributed by atoms with van der Waals surface area (Å²) in [5.74, 6) is -1.71. The second-order valence-electron chi connectivity index (χ2n) is 17.0. The molecule has 3 aliphatic rings. The zero-order chi connectivity index (χ0) is 45.4. The van der Waals surface area contributed by atoms with Gasteiger partial charge in [-0.2, -0.15) is 13.8 Å². The van der Waals surface area contributed by atoms with E-state index in [0.717, 1.165) is 13.0 Å². The second kappa shape index (κ2) is 18.4. The maximum absolute atomic E-state index is 16.9. The lowest BCUT2D eigenvalue weighted by molar-refractivity contribution is -0.295. The van der Waals surface area contributed by atoms with Gasteiger partial charge < -0.3 is 33.7 Å². The summed E-state index contributed by atoms with van der Waals surface area (Å²) in [5, 5.41) is 19.2. The molecule has 336 valence electrons. The molecule has 3 saturated heterocycles. The second-order valence-corrected chi connectivity index (χ2v) is 17.0. The van der Waals surface area contributed by atoms with Crippen LogP contribution in [0, 0.1) is 41.6 Å². The molecule has 0 aromatic carbocycles. The minimum atomic E-state index is -3.25. The fourth-order valence-corrected chi connectivity index (χ4v) is 8.94. The van der Waals surface area contributed by atoms with Gasteiger partial charge in [0.1, 0.15) is 35.9 Å². The molecule has 17 nitrogen and oxygen atoms in total. The van der Waals surface area contributed by atoms with Gasteiger partial charge in [-0.3, -0.25) is 14.5 Å². The van der Waals surface area contributed by atoms with Crippen LogP contribution >= 0.6 is 0 Å². The number of amides is 1. The molecule has 0 aliphatic carbocycles. The Morgan fingerprint density at radius 2 is 1.69 bits per heavy atom. The van der Waals surface area contributed by atoms with Crippen molar-refractivity contribution in [2.75, 3.05) is 27.7 Å². The standard InChI is InChI=1S/C41H56F3N7O10/c1-12-28-41(8)32(51(38(56)61-41)16-14-13-15-50-20-26(47-48-50)25-18-29(42)46-37(43)45-25)23(4)30(52)21(2)19-39(6,57-11)34(24(5)33(54)40(7,44)36(55)59-28)60-35-31(53)27(49(9)10)17-22(3)58-35/h18,20-24,27-28,31-32,34-35,53H,12,15-17,19H2,1-11H3/t21-,22-,23+,24+,27?,28-,31?,32-,34-,35+,39-,40+,41-/m1/s1. The van der Waals surface area contributed by atoms with Gasteiger partial charge in [0.25, 0.3) is 5.67 Å². The number of nitrogens with zero attached hydrogens (tertiary/aromatic N) is 7. The molecular formula is C41H56F3N7O10. The third-order valence-electron chi connectivity index (χ3n) is 12.3. The van der Waals surface area contributed by atoms with Gasteiger partial charge in [0.05, 0.1) is 36.6 Å². The molecule has 2 aromatic heterocycles. The average molecular weight is 864 g/mol. The van der Waals surface area contributed by atoms with Crippen LogP contribution in [0.4, 0.5) is 18.0 Å². The summed E-state index contributed by atoms with van der Waals surface area (Å²) in [6.07, 6.45) is -6.00. The van der Waals surface area contributed by atoms with Crippen LogP contribution in [0.3, 0.4) is 0 Å². The lowest BCUT2D eigenvalue weighted by atomic mass is 9.73. The SMILES string of the molecule is CC[C@H]1OC(=O)[C@@](C)(F)C(=O)[C@H](C)[C@@H](O[C@@H]2O[C@H](C)CC(N(C)C)C2O)[C@](C)(OC)C[C@@H](C)C(=O)[C@H](C)[C@H]2N(CC#CCn3cc(-c4cc(F)nc(F)n4)nn3)C(=O)O[C@]12C. The third kappa shape index (κ3) is 9.60. The first kappa shape index (κ1) is 47.5. The van der Waals surface area contributed by atoms with Crippen LogP contribution in [0.5, 0.6) is 0 Å². The number of cyclic esters (lactones) is 1. The van der Waals surface area contributed by atoms with Crippen molar-refractivity contribution in [3.8, 4) is 23.2 Å². The van der Waals surface area contributed by atoms with Gasteiger partial charge in [0, 0.05) is 37.0 Å². The Morgan fingerprint density at radius 1 is 1.02 bits per heavy atom. The van der Waals surface area contributed by atoms with Crippen molar-refractivity contribution in [3.05, 3.63) is 24.3 Å². The topological polar surface area (TPSA) is 198 Å². The number of aromatic nitrogens is 5. The minimum Gasteiger partial charge on any atom is -0.455 e. The molecule has 1 amide bonds. The van der Waals surface area contributed by atoms with E-state index in [1.165, 1.54) is 36.7 Å². The van der Waals surface area contributed by atoms with Gasteiger partial charge in [0.15, 0.2) is 17.7 Å². The number of halogens is 3. The van der Waals surface area contributed by atoms with Gasteiger partial charge in [-0.25, -0.2) is 23.6 Å². The molecule has 5 rings (SSSR count). The average Bonchev–Trinajstić information content (AvgIpc) is 3.77. The van der Waals surface area contributed by atoms with Crippen molar-refractivity contribution in [3.63, 3.8) is 0 Å². The summed E-state index contributed by atoms with van der Waals surface area (Å²) in [6, 6.07) is -0.631. The van der Waals surface area contributed by atoms with Gasteiger partial charge in [0.2, 0.25) is 5.95 Å². The first-order chi connectivity index (χ1) is 28.5. The number of carbonyl (C=O) groups is 4. The van der Waals surface area contributed by atoms with Gasteiger partial charge in [-0.15, -0.1) is 5.10 Å². The molecule has 13 atom stereocenters. The van der Waals surface area contributed by atoms with Crippen LogP contribution in [0.25, 0.3) is 11.4 Å². The highest BCUT2D eigenvalue weighted by molar-refractivity contribution is 6.08. The Bertz CT molecular complexity index is 2010. The Balaban J connectivity index is 1.49. The zero-order valence-electron chi connectivity index (χ0n) is 36.3. The number of rotatable bonds is 8. The van der Waals surface area contributed by atoms with Crippen molar-refractivity contribution >= 4 is 23.6 Å². The number of esters is 1. The van der Waals surface area contributed by atoms with E-state index in [0.29, 0.717) is 6.42 Å². The smallest absolute Gasteiger partial charge is 0.411 e.